The van der Waals surface area contributed by atoms with Gasteiger partial charge >= 0.3 is 11.7 Å². The number of ketones is 1. The first-order valence-corrected chi connectivity index (χ1v) is 5.75. The van der Waals surface area contributed by atoms with Crippen molar-refractivity contribution in [1.29, 1.82) is 0 Å². The van der Waals surface area contributed by atoms with Gasteiger partial charge in [-0.15, -0.1) is 0 Å². The molecule has 0 aliphatic rings. The molecule has 2 rings (SSSR count). The van der Waals surface area contributed by atoms with Gasteiger partial charge in [0.15, 0.2) is 11.4 Å². The minimum absolute atomic E-state index is 0.0721. The number of aryl methyl sites for hydroxylation is 2. The second kappa shape index (κ2) is 4.72. The second-order valence-corrected chi connectivity index (χ2v) is 4.38. The topological polar surface area (TPSA) is 89.5 Å². The molecule has 0 aliphatic heterocycles. The lowest BCUT2D eigenvalue weighted by Crippen LogP contribution is -2.09. The lowest BCUT2D eigenvalue weighted by Gasteiger charge is -2.03. The van der Waals surface area contributed by atoms with E-state index >= 15 is 0 Å². The maximum Gasteiger partial charge on any atom is 0.419 e. The summed E-state index contributed by atoms with van der Waals surface area (Å²) in [5.41, 5.74) is 2.08. The van der Waals surface area contributed by atoms with E-state index in [4.69, 9.17) is 9.52 Å². The number of carboxylic acids is 1. The zero-order valence-electron chi connectivity index (χ0n) is 10.6. The van der Waals surface area contributed by atoms with Crippen molar-refractivity contribution in [3.63, 3.8) is 0 Å². The first kappa shape index (κ1) is 13.1. The van der Waals surface area contributed by atoms with Crippen LogP contribution in [0.5, 0.6) is 0 Å². The smallest absolute Gasteiger partial charge is 0.419 e. The third-order valence-corrected chi connectivity index (χ3v) is 2.96. The fourth-order valence-electron chi connectivity index (χ4n) is 2.03. The number of hydrogen-bond acceptors (Lipinski definition) is 4. The Hall–Kier alpha value is -2.37. The van der Waals surface area contributed by atoms with E-state index in [1.807, 2.05) is 0 Å². The Bertz CT molecular complexity index is 722. The summed E-state index contributed by atoms with van der Waals surface area (Å²) in [5, 5.41) is 8.56. The van der Waals surface area contributed by atoms with E-state index in [1.54, 1.807) is 20.0 Å². The molecule has 0 radical (unpaired) electrons. The Morgan fingerprint density at radius 3 is 2.63 bits per heavy atom. The number of fused-ring (bicyclic) bond motifs is 1. The molecule has 0 saturated heterocycles. The van der Waals surface area contributed by atoms with E-state index in [2.05, 4.69) is 0 Å². The van der Waals surface area contributed by atoms with Crippen LogP contribution in [0, 0.1) is 6.92 Å². The van der Waals surface area contributed by atoms with Crippen LogP contribution in [0.1, 0.15) is 28.8 Å². The van der Waals surface area contributed by atoms with E-state index in [0.717, 1.165) is 5.56 Å². The highest BCUT2D eigenvalue weighted by Crippen LogP contribution is 2.20. The third kappa shape index (κ3) is 2.42. The number of benzene rings is 1. The molecule has 0 saturated carbocycles. The maximum absolute atomic E-state index is 11.8. The molecule has 6 nitrogen and oxygen atoms in total. The van der Waals surface area contributed by atoms with E-state index < -0.39 is 11.7 Å². The molecule has 100 valence electrons. The molecule has 0 atom stereocenters. The van der Waals surface area contributed by atoms with Gasteiger partial charge in [-0.2, -0.15) is 0 Å². The summed E-state index contributed by atoms with van der Waals surface area (Å²) in [4.78, 5) is 33.7. The quantitative estimate of drug-likeness (QED) is 0.844. The Morgan fingerprint density at radius 2 is 2.00 bits per heavy atom. The molecule has 1 aromatic heterocycles. The molecule has 1 N–H and O–H groups in total. The normalized spacial score (nSPS) is 10.8. The monoisotopic (exact) mass is 263 g/mol. The van der Waals surface area contributed by atoms with Crippen molar-refractivity contribution in [3.8, 4) is 0 Å². The van der Waals surface area contributed by atoms with E-state index in [1.165, 1.54) is 10.6 Å². The number of hydrogen-bond donors (Lipinski definition) is 1. The standard InChI is InChI=1S/C13H13NO5/c1-7-5-8(9(15)3-4-11(16)17)6-10-12(7)14(2)13(18)19-10/h5-6H,3-4H2,1-2H3,(H,16,17). The van der Waals surface area contributed by atoms with Crippen molar-refractivity contribution in [3.05, 3.63) is 33.8 Å². The average molecular weight is 263 g/mol. The largest absolute Gasteiger partial charge is 0.481 e. The molecule has 0 aliphatic carbocycles. The van der Waals surface area contributed by atoms with Crippen LogP contribution in [0.3, 0.4) is 0 Å². The summed E-state index contributed by atoms with van der Waals surface area (Å²) < 4.78 is 6.41. The van der Waals surface area contributed by atoms with Crippen molar-refractivity contribution < 1.29 is 19.1 Å². The van der Waals surface area contributed by atoms with Crippen LogP contribution in [0.2, 0.25) is 0 Å². The lowest BCUT2D eigenvalue weighted by molar-refractivity contribution is -0.136. The van der Waals surface area contributed by atoms with Gasteiger partial charge in [-0.05, 0) is 24.6 Å². The molecule has 6 heteroatoms. The second-order valence-electron chi connectivity index (χ2n) is 4.38. The van der Waals surface area contributed by atoms with Crippen molar-refractivity contribution in [2.45, 2.75) is 19.8 Å². The lowest BCUT2D eigenvalue weighted by atomic mass is 10.0. The van der Waals surface area contributed by atoms with Crippen LogP contribution in [0.4, 0.5) is 0 Å². The fourth-order valence-corrected chi connectivity index (χ4v) is 2.03. The van der Waals surface area contributed by atoms with E-state index in [0.29, 0.717) is 16.7 Å². The highest BCUT2D eigenvalue weighted by Gasteiger charge is 2.14. The number of carbonyl (C=O) groups excluding carboxylic acids is 1. The highest BCUT2D eigenvalue weighted by molar-refractivity contribution is 6.00. The Morgan fingerprint density at radius 1 is 1.32 bits per heavy atom. The predicted octanol–water partition coefficient (Wildman–Crippen LogP) is 1.49. The minimum Gasteiger partial charge on any atom is -0.481 e. The zero-order valence-corrected chi connectivity index (χ0v) is 10.6. The number of carbonyl (C=O) groups is 2. The van der Waals surface area contributed by atoms with Gasteiger partial charge in [0.1, 0.15) is 0 Å². The van der Waals surface area contributed by atoms with Gasteiger partial charge < -0.3 is 9.52 Å². The number of oxazole rings is 1. The van der Waals surface area contributed by atoms with Crippen LogP contribution >= 0.6 is 0 Å². The summed E-state index contributed by atoms with van der Waals surface area (Å²) in [7, 11) is 1.59. The summed E-state index contributed by atoms with van der Waals surface area (Å²) in [6, 6.07) is 3.12. The van der Waals surface area contributed by atoms with Crippen LogP contribution in [0.25, 0.3) is 11.1 Å². The van der Waals surface area contributed by atoms with Crippen LogP contribution in [-0.2, 0) is 11.8 Å². The number of rotatable bonds is 4. The fraction of sp³-hybridized carbons (Fsp3) is 0.308. The van der Waals surface area contributed by atoms with E-state index in [9.17, 15) is 14.4 Å². The number of aliphatic carboxylic acids is 1. The molecule has 0 bridgehead atoms. The molecular weight excluding hydrogens is 250 g/mol. The summed E-state index contributed by atoms with van der Waals surface area (Å²) in [6.45, 7) is 1.77. The maximum atomic E-state index is 11.8. The van der Waals surface area contributed by atoms with Gasteiger partial charge in [0.05, 0.1) is 11.9 Å². The van der Waals surface area contributed by atoms with Crippen LogP contribution in [-0.4, -0.2) is 21.4 Å². The van der Waals surface area contributed by atoms with Gasteiger partial charge in [-0.3, -0.25) is 14.2 Å². The number of carboxylic acid groups (broad SMARTS) is 1. The summed E-state index contributed by atoms with van der Waals surface area (Å²) in [5.74, 6) is -1.79. The molecule has 19 heavy (non-hydrogen) atoms. The highest BCUT2D eigenvalue weighted by atomic mass is 16.4. The molecule has 0 fully saturated rings. The van der Waals surface area contributed by atoms with Crippen molar-refractivity contribution in [1.82, 2.24) is 4.57 Å². The van der Waals surface area contributed by atoms with Gasteiger partial charge in [0.2, 0.25) is 0 Å². The molecule has 1 heterocycles. The van der Waals surface area contributed by atoms with E-state index in [-0.39, 0.29) is 18.6 Å². The van der Waals surface area contributed by atoms with Gasteiger partial charge in [-0.1, -0.05) is 0 Å². The molecular formula is C13H13NO5. The molecule has 2 aromatic rings. The molecule has 1 aromatic carbocycles. The van der Waals surface area contributed by atoms with Crippen molar-refractivity contribution in [2.24, 2.45) is 7.05 Å². The van der Waals surface area contributed by atoms with Gasteiger partial charge in [0, 0.05) is 19.0 Å². The number of Topliss-reactive ketones (excluding diaryl/α,β-unsaturated/α-hetero) is 1. The Balaban J connectivity index is 2.44. The molecule has 0 amide bonds. The van der Waals surface area contributed by atoms with Crippen LogP contribution in [0.15, 0.2) is 21.3 Å². The molecule has 0 spiro atoms. The Kier molecular flexibility index (Phi) is 3.25. The van der Waals surface area contributed by atoms with Crippen molar-refractivity contribution >= 4 is 22.9 Å². The minimum atomic E-state index is -1.02. The van der Waals surface area contributed by atoms with Crippen LogP contribution < -0.4 is 5.76 Å². The summed E-state index contributed by atoms with van der Waals surface area (Å²) >= 11 is 0. The van der Waals surface area contributed by atoms with Gasteiger partial charge in [-0.25, -0.2) is 4.79 Å². The Labute approximate surface area is 108 Å². The number of aromatic nitrogens is 1. The predicted molar refractivity (Wildman–Crippen MR) is 67.4 cm³/mol. The first-order chi connectivity index (χ1) is 8.90. The van der Waals surface area contributed by atoms with Gasteiger partial charge in [0.25, 0.3) is 0 Å². The summed E-state index contributed by atoms with van der Waals surface area (Å²) in [6.07, 6.45) is -0.286. The third-order valence-electron chi connectivity index (χ3n) is 2.96. The zero-order chi connectivity index (χ0) is 14.2. The van der Waals surface area contributed by atoms with Crippen molar-refractivity contribution in [2.75, 3.05) is 0 Å². The number of nitrogens with zero attached hydrogens (tertiary/aromatic N) is 1. The first-order valence-electron chi connectivity index (χ1n) is 5.75. The molecule has 0 unspecified atom stereocenters. The average Bonchev–Trinajstić information content (AvgIpc) is 2.62. The SMILES string of the molecule is Cc1cc(C(=O)CCC(=O)O)cc2oc(=O)n(C)c12.